The summed E-state index contributed by atoms with van der Waals surface area (Å²) in [6.07, 6.45) is 4.35. The van der Waals surface area contributed by atoms with E-state index in [1.807, 2.05) is 31.2 Å². The molecule has 0 saturated carbocycles. The van der Waals surface area contributed by atoms with Crippen molar-refractivity contribution in [1.29, 1.82) is 0 Å². The van der Waals surface area contributed by atoms with Crippen molar-refractivity contribution in [3.05, 3.63) is 71.4 Å². The number of rotatable bonds is 8. The fourth-order valence-corrected chi connectivity index (χ4v) is 3.88. The van der Waals surface area contributed by atoms with Crippen molar-refractivity contribution in [3.8, 4) is 5.75 Å². The maximum atomic E-state index is 5.80. The Morgan fingerprint density at radius 1 is 1.22 bits per heavy atom. The molecule has 172 valence electrons. The second-order valence-electron chi connectivity index (χ2n) is 7.86. The zero-order chi connectivity index (χ0) is 21.5. The van der Waals surface area contributed by atoms with Crippen molar-refractivity contribution in [2.45, 2.75) is 45.7 Å². The van der Waals surface area contributed by atoms with Gasteiger partial charge in [0, 0.05) is 43.7 Å². The predicted molar refractivity (Wildman–Crippen MR) is 137 cm³/mol. The summed E-state index contributed by atoms with van der Waals surface area (Å²) in [5, 5.41) is 11.6. The van der Waals surface area contributed by atoms with E-state index in [-0.39, 0.29) is 30.0 Å². The lowest BCUT2D eigenvalue weighted by molar-refractivity contribution is 0.261. The van der Waals surface area contributed by atoms with Gasteiger partial charge in [-0.05, 0) is 44.5 Å². The Morgan fingerprint density at radius 2 is 2.09 bits per heavy atom. The molecule has 0 fully saturated rings. The molecule has 0 amide bonds. The van der Waals surface area contributed by atoms with Gasteiger partial charge < -0.3 is 19.8 Å². The van der Waals surface area contributed by atoms with E-state index in [9.17, 15) is 0 Å². The fourth-order valence-electron chi connectivity index (χ4n) is 3.88. The number of furan rings is 1. The molecule has 0 bridgehead atoms. The van der Waals surface area contributed by atoms with E-state index in [0.717, 1.165) is 62.1 Å². The fraction of sp³-hybridized carbons (Fsp3) is 0.417. The Morgan fingerprint density at radius 3 is 2.88 bits per heavy atom. The van der Waals surface area contributed by atoms with Gasteiger partial charge in [0.15, 0.2) is 5.96 Å². The Bertz CT molecular complexity index is 1000. The van der Waals surface area contributed by atoms with Gasteiger partial charge in [0.2, 0.25) is 0 Å². The molecule has 0 saturated heterocycles. The zero-order valence-corrected chi connectivity index (χ0v) is 21.0. The van der Waals surface area contributed by atoms with Gasteiger partial charge in [0.25, 0.3) is 0 Å². The van der Waals surface area contributed by atoms with E-state index in [1.54, 1.807) is 6.26 Å². The first-order valence-corrected chi connectivity index (χ1v) is 11.0. The Labute approximate surface area is 206 Å². The molecule has 2 aromatic heterocycles. The molecule has 0 radical (unpaired) electrons. The van der Waals surface area contributed by atoms with Crippen LogP contribution in [0.3, 0.4) is 0 Å². The number of ether oxygens (including phenoxy) is 1. The second-order valence-corrected chi connectivity index (χ2v) is 7.86. The first kappa shape index (κ1) is 24.2. The number of benzene rings is 1. The first-order valence-electron chi connectivity index (χ1n) is 11.0. The summed E-state index contributed by atoms with van der Waals surface area (Å²) in [6, 6.07) is 14.4. The zero-order valence-electron chi connectivity index (χ0n) is 18.7. The third kappa shape index (κ3) is 6.51. The molecule has 2 N–H and O–H groups in total. The molecule has 7 nitrogen and oxygen atoms in total. The molecule has 4 rings (SSSR count). The van der Waals surface area contributed by atoms with Crippen LogP contribution in [0, 0.1) is 13.8 Å². The number of aromatic nitrogens is 2. The highest BCUT2D eigenvalue weighted by atomic mass is 127. The van der Waals surface area contributed by atoms with Gasteiger partial charge >= 0.3 is 0 Å². The number of aliphatic imine (C=N–C) groups is 1. The molecule has 1 aliphatic rings. The number of nitrogens with zero attached hydrogens (tertiary/aromatic N) is 3. The molecule has 1 atom stereocenters. The number of guanidine groups is 1. The van der Waals surface area contributed by atoms with Crippen LogP contribution in [-0.2, 0) is 13.0 Å². The number of hydrogen-bond donors (Lipinski definition) is 2. The summed E-state index contributed by atoms with van der Waals surface area (Å²) in [6.45, 7) is 7.16. The summed E-state index contributed by atoms with van der Waals surface area (Å²) in [4.78, 5) is 4.84. The van der Waals surface area contributed by atoms with Crippen LogP contribution in [0.15, 0.2) is 58.1 Å². The molecule has 8 heteroatoms. The topological polar surface area (TPSA) is 76.6 Å². The van der Waals surface area contributed by atoms with E-state index in [2.05, 4.69) is 45.5 Å². The van der Waals surface area contributed by atoms with Crippen molar-refractivity contribution >= 4 is 29.9 Å². The Hall–Kier alpha value is -2.49. The molecule has 3 aromatic rings. The molecule has 1 aliphatic heterocycles. The van der Waals surface area contributed by atoms with Gasteiger partial charge in [-0.15, -0.1) is 24.0 Å². The minimum atomic E-state index is 0. The van der Waals surface area contributed by atoms with Crippen molar-refractivity contribution in [3.63, 3.8) is 0 Å². The second kappa shape index (κ2) is 11.9. The molecule has 0 spiro atoms. The van der Waals surface area contributed by atoms with Gasteiger partial charge in [-0.25, -0.2) is 0 Å². The number of aryl methyl sites for hydroxylation is 3. The lowest BCUT2D eigenvalue weighted by Crippen LogP contribution is -2.42. The van der Waals surface area contributed by atoms with Crippen LogP contribution >= 0.6 is 24.0 Å². The number of halogens is 1. The van der Waals surface area contributed by atoms with Crippen LogP contribution in [0.1, 0.15) is 41.6 Å². The summed E-state index contributed by atoms with van der Waals surface area (Å²) >= 11 is 0. The van der Waals surface area contributed by atoms with Crippen LogP contribution in [-0.4, -0.2) is 35.4 Å². The molecule has 0 aliphatic carbocycles. The third-order valence-electron chi connectivity index (χ3n) is 5.41. The highest BCUT2D eigenvalue weighted by Gasteiger charge is 2.21. The predicted octanol–water partition coefficient (Wildman–Crippen LogP) is 4.40. The maximum Gasteiger partial charge on any atom is 0.191 e. The summed E-state index contributed by atoms with van der Waals surface area (Å²) in [5.74, 6) is 2.74. The van der Waals surface area contributed by atoms with Crippen molar-refractivity contribution in [2.24, 2.45) is 4.99 Å². The standard InChI is InChI=1S/C24H31N5O2.HI/c1-18-17-19(2)29(28-18)14-6-12-25-24(26-13-10-20-7-5-15-30-20)27-22-11-16-31-23-9-4-3-8-21(22)23;/h3-5,7-9,15,17,22H,6,10-14,16H2,1-2H3,(H2,25,26,27);1H. The van der Waals surface area contributed by atoms with Gasteiger partial charge in [-0.2, -0.15) is 5.10 Å². The number of hydrogen-bond acceptors (Lipinski definition) is 4. The Balaban J connectivity index is 0.00000289. The van der Waals surface area contributed by atoms with E-state index < -0.39 is 0 Å². The molecular formula is C24H32IN5O2. The summed E-state index contributed by atoms with van der Waals surface area (Å²) in [7, 11) is 0. The molecule has 3 heterocycles. The van der Waals surface area contributed by atoms with Crippen LogP contribution in [0.5, 0.6) is 5.75 Å². The molecular weight excluding hydrogens is 517 g/mol. The van der Waals surface area contributed by atoms with E-state index >= 15 is 0 Å². The molecule has 1 unspecified atom stereocenters. The highest BCUT2D eigenvalue weighted by molar-refractivity contribution is 14.0. The lowest BCUT2D eigenvalue weighted by atomic mass is 10.0. The van der Waals surface area contributed by atoms with Gasteiger partial charge in [0.1, 0.15) is 11.5 Å². The van der Waals surface area contributed by atoms with Crippen LogP contribution in [0.25, 0.3) is 0 Å². The SMILES string of the molecule is Cc1cc(C)n(CCCN=C(NCCc2ccco2)NC2CCOc3ccccc32)n1.I. The molecule has 1 aromatic carbocycles. The van der Waals surface area contributed by atoms with Crippen LogP contribution < -0.4 is 15.4 Å². The van der Waals surface area contributed by atoms with E-state index in [4.69, 9.17) is 14.1 Å². The average molecular weight is 549 g/mol. The third-order valence-corrected chi connectivity index (χ3v) is 5.41. The average Bonchev–Trinajstić information content (AvgIpc) is 3.40. The minimum absolute atomic E-state index is 0. The minimum Gasteiger partial charge on any atom is -0.493 e. The normalized spacial score (nSPS) is 15.4. The number of fused-ring (bicyclic) bond motifs is 1. The quantitative estimate of drug-likeness (QED) is 0.189. The van der Waals surface area contributed by atoms with Gasteiger partial charge in [-0.3, -0.25) is 9.67 Å². The summed E-state index contributed by atoms with van der Waals surface area (Å²) < 4.78 is 13.3. The Kier molecular flexibility index (Phi) is 9.01. The number of nitrogens with one attached hydrogen (secondary N) is 2. The number of para-hydroxylation sites is 1. The van der Waals surface area contributed by atoms with E-state index in [0.29, 0.717) is 6.61 Å². The van der Waals surface area contributed by atoms with Gasteiger partial charge in [-0.1, -0.05) is 18.2 Å². The van der Waals surface area contributed by atoms with Crippen molar-refractivity contribution < 1.29 is 9.15 Å². The van der Waals surface area contributed by atoms with Crippen LogP contribution in [0.4, 0.5) is 0 Å². The highest BCUT2D eigenvalue weighted by Crippen LogP contribution is 2.31. The summed E-state index contributed by atoms with van der Waals surface area (Å²) in [5.41, 5.74) is 3.42. The first-order chi connectivity index (χ1) is 15.2. The van der Waals surface area contributed by atoms with E-state index in [1.165, 1.54) is 11.3 Å². The van der Waals surface area contributed by atoms with Gasteiger partial charge in [0.05, 0.1) is 24.6 Å². The smallest absolute Gasteiger partial charge is 0.191 e. The monoisotopic (exact) mass is 549 g/mol. The molecule has 32 heavy (non-hydrogen) atoms. The van der Waals surface area contributed by atoms with Crippen LogP contribution in [0.2, 0.25) is 0 Å². The largest absolute Gasteiger partial charge is 0.493 e. The van der Waals surface area contributed by atoms with Crippen molar-refractivity contribution in [2.75, 3.05) is 19.7 Å². The lowest BCUT2D eigenvalue weighted by Gasteiger charge is -2.28. The maximum absolute atomic E-state index is 5.80. The van der Waals surface area contributed by atoms with Crippen molar-refractivity contribution in [1.82, 2.24) is 20.4 Å².